The Morgan fingerprint density at radius 1 is 1.47 bits per heavy atom. The Hall–Kier alpha value is -0.980. The van der Waals surface area contributed by atoms with Gasteiger partial charge < -0.3 is 5.32 Å². The standard InChI is InChI=1S/C14H18N2S/c1-16-14(11-15)8-7-13(9-14)17-10-12-5-3-2-4-6-12/h2-6,13,16H,7-10H2,1H3. The first-order valence-electron chi connectivity index (χ1n) is 6.04. The van der Waals surface area contributed by atoms with E-state index < -0.39 is 0 Å². The Kier molecular flexibility index (Phi) is 4.09. The maximum absolute atomic E-state index is 9.20. The van der Waals surface area contributed by atoms with E-state index in [0.717, 1.165) is 25.0 Å². The SMILES string of the molecule is CNC1(C#N)CCC(SCc2ccccc2)C1. The predicted molar refractivity (Wildman–Crippen MR) is 72.8 cm³/mol. The molecule has 0 radical (unpaired) electrons. The molecule has 17 heavy (non-hydrogen) atoms. The molecule has 1 aliphatic carbocycles. The van der Waals surface area contributed by atoms with Crippen molar-refractivity contribution in [2.75, 3.05) is 7.05 Å². The van der Waals surface area contributed by atoms with Crippen LogP contribution in [-0.2, 0) is 5.75 Å². The molecule has 1 N–H and O–H groups in total. The molecule has 1 aliphatic rings. The number of hydrogen-bond acceptors (Lipinski definition) is 3. The monoisotopic (exact) mass is 246 g/mol. The van der Waals surface area contributed by atoms with E-state index in [1.807, 2.05) is 24.9 Å². The number of benzene rings is 1. The van der Waals surface area contributed by atoms with E-state index in [0.29, 0.717) is 5.25 Å². The first kappa shape index (κ1) is 12.5. The van der Waals surface area contributed by atoms with Crippen LogP contribution in [0.15, 0.2) is 30.3 Å². The lowest BCUT2D eigenvalue weighted by atomic mass is 10.0. The highest BCUT2D eigenvalue weighted by molar-refractivity contribution is 7.99. The summed E-state index contributed by atoms with van der Waals surface area (Å²) < 4.78 is 0. The van der Waals surface area contributed by atoms with E-state index in [1.165, 1.54) is 5.56 Å². The lowest BCUT2D eigenvalue weighted by Crippen LogP contribution is -2.38. The van der Waals surface area contributed by atoms with Gasteiger partial charge in [0.15, 0.2) is 0 Å². The number of nitrogens with one attached hydrogen (secondary N) is 1. The van der Waals surface area contributed by atoms with Crippen LogP contribution < -0.4 is 5.32 Å². The summed E-state index contributed by atoms with van der Waals surface area (Å²) in [6.45, 7) is 0. The number of nitrogens with zero attached hydrogens (tertiary/aromatic N) is 1. The number of hydrogen-bond donors (Lipinski definition) is 1. The lowest BCUT2D eigenvalue weighted by molar-refractivity contribution is 0.464. The zero-order valence-electron chi connectivity index (χ0n) is 10.1. The predicted octanol–water partition coefficient (Wildman–Crippen LogP) is 2.95. The van der Waals surface area contributed by atoms with Gasteiger partial charge in [-0.15, -0.1) is 0 Å². The fraction of sp³-hybridized carbons (Fsp3) is 0.500. The van der Waals surface area contributed by atoms with Gasteiger partial charge in [-0.25, -0.2) is 0 Å². The molecule has 1 fully saturated rings. The second kappa shape index (κ2) is 5.57. The van der Waals surface area contributed by atoms with Crippen LogP contribution in [0.2, 0.25) is 0 Å². The molecule has 0 heterocycles. The largest absolute Gasteiger partial charge is 0.302 e. The average molecular weight is 246 g/mol. The fourth-order valence-electron chi connectivity index (χ4n) is 2.32. The average Bonchev–Trinajstić information content (AvgIpc) is 2.82. The highest BCUT2D eigenvalue weighted by Gasteiger charge is 2.38. The van der Waals surface area contributed by atoms with Gasteiger partial charge in [0.1, 0.15) is 5.54 Å². The van der Waals surface area contributed by atoms with Crippen LogP contribution in [0.4, 0.5) is 0 Å². The van der Waals surface area contributed by atoms with Crippen LogP contribution in [0.1, 0.15) is 24.8 Å². The summed E-state index contributed by atoms with van der Waals surface area (Å²) >= 11 is 1.98. The number of thioether (sulfide) groups is 1. The van der Waals surface area contributed by atoms with Gasteiger partial charge in [0.25, 0.3) is 0 Å². The van der Waals surface area contributed by atoms with Gasteiger partial charge in [0, 0.05) is 11.0 Å². The molecule has 0 aliphatic heterocycles. The van der Waals surface area contributed by atoms with Crippen molar-refractivity contribution in [1.82, 2.24) is 5.32 Å². The van der Waals surface area contributed by atoms with Gasteiger partial charge in [0.05, 0.1) is 6.07 Å². The zero-order chi connectivity index (χ0) is 12.1. The van der Waals surface area contributed by atoms with Crippen molar-refractivity contribution in [1.29, 1.82) is 5.26 Å². The Morgan fingerprint density at radius 3 is 2.82 bits per heavy atom. The van der Waals surface area contributed by atoms with Crippen molar-refractivity contribution in [3.63, 3.8) is 0 Å². The van der Waals surface area contributed by atoms with Crippen LogP contribution in [0.25, 0.3) is 0 Å². The van der Waals surface area contributed by atoms with E-state index in [9.17, 15) is 5.26 Å². The smallest absolute Gasteiger partial charge is 0.107 e. The molecule has 1 saturated carbocycles. The molecule has 0 bridgehead atoms. The maximum atomic E-state index is 9.20. The topological polar surface area (TPSA) is 35.8 Å². The van der Waals surface area contributed by atoms with E-state index >= 15 is 0 Å². The summed E-state index contributed by atoms with van der Waals surface area (Å²) in [4.78, 5) is 0. The van der Waals surface area contributed by atoms with E-state index in [2.05, 4.69) is 35.7 Å². The number of nitriles is 1. The van der Waals surface area contributed by atoms with Crippen LogP contribution in [-0.4, -0.2) is 17.8 Å². The molecular formula is C14H18N2S. The third-order valence-electron chi connectivity index (χ3n) is 3.49. The van der Waals surface area contributed by atoms with Crippen molar-refractivity contribution in [3.8, 4) is 6.07 Å². The van der Waals surface area contributed by atoms with Crippen LogP contribution >= 0.6 is 11.8 Å². The first-order chi connectivity index (χ1) is 8.28. The maximum Gasteiger partial charge on any atom is 0.107 e. The van der Waals surface area contributed by atoms with Crippen LogP contribution in [0.5, 0.6) is 0 Å². The minimum absolute atomic E-state index is 0.269. The molecule has 2 atom stereocenters. The molecule has 2 rings (SSSR count). The summed E-state index contributed by atoms with van der Waals surface area (Å²) in [5.74, 6) is 1.05. The lowest BCUT2D eigenvalue weighted by Gasteiger charge is -2.19. The van der Waals surface area contributed by atoms with Crippen LogP contribution in [0.3, 0.4) is 0 Å². The van der Waals surface area contributed by atoms with Gasteiger partial charge in [-0.1, -0.05) is 30.3 Å². The molecule has 0 saturated heterocycles. The van der Waals surface area contributed by atoms with Crippen molar-refractivity contribution in [2.24, 2.45) is 0 Å². The number of rotatable bonds is 4. The van der Waals surface area contributed by atoms with Crippen LogP contribution in [0, 0.1) is 11.3 Å². The second-order valence-corrected chi connectivity index (χ2v) is 5.89. The molecular weight excluding hydrogens is 228 g/mol. The molecule has 0 spiro atoms. The molecule has 0 aromatic heterocycles. The third-order valence-corrected chi connectivity index (χ3v) is 4.86. The minimum Gasteiger partial charge on any atom is -0.302 e. The summed E-state index contributed by atoms with van der Waals surface area (Å²) in [5, 5.41) is 13.0. The summed E-state index contributed by atoms with van der Waals surface area (Å²) in [6.07, 6.45) is 3.09. The Balaban J connectivity index is 1.85. The highest BCUT2D eigenvalue weighted by atomic mass is 32.2. The van der Waals surface area contributed by atoms with Crippen molar-refractivity contribution in [3.05, 3.63) is 35.9 Å². The van der Waals surface area contributed by atoms with Gasteiger partial charge in [0.2, 0.25) is 0 Å². The molecule has 1 aromatic rings. The van der Waals surface area contributed by atoms with Gasteiger partial charge in [-0.3, -0.25) is 0 Å². The van der Waals surface area contributed by atoms with Gasteiger partial charge in [-0.05, 0) is 31.9 Å². The summed E-state index contributed by atoms with van der Waals surface area (Å²) in [5.41, 5.74) is 1.10. The third kappa shape index (κ3) is 3.02. The van der Waals surface area contributed by atoms with Crippen molar-refractivity contribution >= 4 is 11.8 Å². The van der Waals surface area contributed by atoms with E-state index in [-0.39, 0.29) is 5.54 Å². The molecule has 3 heteroatoms. The summed E-state index contributed by atoms with van der Waals surface area (Å²) in [6, 6.07) is 13.0. The molecule has 1 aromatic carbocycles. The highest BCUT2D eigenvalue weighted by Crippen LogP contribution is 2.37. The molecule has 0 amide bonds. The second-order valence-electron chi connectivity index (χ2n) is 4.61. The zero-order valence-corrected chi connectivity index (χ0v) is 11.0. The van der Waals surface area contributed by atoms with E-state index in [1.54, 1.807) is 0 Å². The van der Waals surface area contributed by atoms with Gasteiger partial charge >= 0.3 is 0 Å². The molecule has 2 unspecified atom stereocenters. The Morgan fingerprint density at radius 2 is 2.24 bits per heavy atom. The molecule has 2 nitrogen and oxygen atoms in total. The van der Waals surface area contributed by atoms with Crippen molar-refractivity contribution < 1.29 is 0 Å². The molecule has 90 valence electrons. The van der Waals surface area contributed by atoms with E-state index in [4.69, 9.17) is 0 Å². The minimum atomic E-state index is -0.269. The fourth-order valence-corrected chi connectivity index (χ4v) is 3.62. The van der Waals surface area contributed by atoms with Gasteiger partial charge in [-0.2, -0.15) is 17.0 Å². The quantitative estimate of drug-likeness (QED) is 0.887. The van der Waals surface area contributed by atoms with Crippen molar-refractivity contribution in [2.45, 2.75) is 35.8 Å². The summed E-state index contributed by atoms with van der Waals surface area (Å²) in [7, 11) is 1.90. The first-order valence-corrected chi connectivity index (χ1v) is 7.08. The normalized spacial score (nSPS) is 27.9. The Labute approximate surface area is 107 Å². The Bertz CT molecular complexity index is 398.